The molecule has 0 heterocycles. The van der Waals surface area contributed by atoms with Crippen molar-refractivity contribution in [3.63, 3.8) is 0 Å². The molecule has 20 heavy (non-hydrogen) atoms. The molecule has 0 aliphatic heterocycles. The lowest BCUT2D eigenvalue weighted by Crippen LogP contribution is -2.29. The molecule has 0 spiro atoms. The highest BCUT2D eigenvalue weighted by atomic mass is 19.4. The van der Waals surface area contributed by atoms with Crippen LogP contribution in [0.25, 0.3) is 0 Å². The van der Waals surface area contributed by atoms with Gasteiger partial charge in [0.05, 0.1) is 18.2 Å². The van der Waals surface area contributed by atoms with Gasteiger partial charge in [-0.15, -0.1) is 13.2 Å². The number of likely N-dealkylation sites (N-methyl/N-ethyl adjacent to an activating group) is 1. The molecule has 6 heteroatoms. The van der Waals surface area contributed by atoms with Crippen LogP contribution in [0.2, 0.25) is 0 Å². The van der Waals surface area contributed by atoms with E-state index in [4.69, 9.17) is 4.74 Å². The number of hydrogen-bond donors (Lipinski definition) is 1. The maximum Gasteiger partial charge on any atom is 0.573 e. The van der Waals surface area contributed by atoms with Crippen LogP contribution in [0.4, 0.5) is 13.2 Å². The molecule has 0 aliphatic rings. The van der Waals surface area contributed by atoms with Crippen LogP contribution in [0.1, 0.15) is 32.4 Å². The number of para-hydroxylation sites is 1. The second-order valence-corrected chi connectivity index (χ2v) is 5.35. The van der Waals surface area contributed by atoms with Crippen LogP contribution in [0, 0.1) is 0 Å². The molecule has 1 aromatic carbocycles. The van der Waals surface area contributed by atoms with E-state index in [9.17, 15) is 13.2 Å². The van der Waals surface area contributed by atoms with Crippen molar-refractivity contribution in [3.05, 3.63) is 29.8 Å². The topological polar surface area (TPSA) is 30.5 Å². The zero-order valence-corrected chi connectivity index (χ0v) is 12.0. The van der Waals surface area contributed by atoms with E-state index in [1.54, 1.807) is 19.2 Å². The highest BCUT2D eigenvalue weighted by molar-refractivity contribution is 5.36. The average Bonchev–Trinajstić information content (AvgIpc) is 2.28. The van der Waals surface area contributed by atoms with Gasteiger partial charge < -0.3 is 14.8 Å². The molecule has 0 aliphatic carbocycles. The summed E-state index contributed by atoms with van der Waals surface area (Å²) in [5.74, 6) is -0.211. The summed E-state index contributed by atoms with van der Waals surface area (Å²) in [6.45, 7) is 5.91. The average molecular weight is 291 g/mol. The minimum absolute atomic E-state index is 0.211. The number of benzene rings is 1. The molecule has 3 nitrogen and oxygen atoms in total. The van der Waals surface area contributed by atoms with Gasteiger partial charge in [0.2, 0.25) is 0 Å². The van der Waals surface area contributed by atoms with E-state index in [0.29, 0.717) is 5.56 Å². The summed E-state index contributed by atoms with van der Waals surface area (Å²) in [5.41, 5.74) is 0.0474. The van der Waals surface area contributed by atoms with Crippen LogP contribution in [-0.2, 0) is 4.74 Å². The third-order valence-corrected chi connectivity index (χ3v) is 2.55. The molecule has 0 aromatic heterocycles. The van der Waals surface area contributed by atoms with Crippen molar-refractivity contribution < 1.29 is 22.6 Å². The Morgan fingerprint density at radius 3 is 2.25 bits per heavy atom. The van der Waals surface area contributed by atoms with Crippen LogP contribution < -0.4 is 10.1 Å². The van der Waals surface area contributed by atoms with E-state index in [-0.39, 0.29) is 24.0 Å². The molecule has 0 amide bonds. The lowest BCUT2D eigenvalue weighted by molar-refractivity contribution is -0.275. The molecule has 1 N–H and O–H groups in total. The Hall–Kier alpha value is -1.27. The first-order valence-electron chi connectivity index (χ1n) is 6.28. The molecular formula is C14H20F3NO2. The van der Waals surface area contributed by atoms with Crippen molar-refractivity contribution in [1.29, 1.82) is 0 Å². The Balaban J connectivity index is 2.92. The van der Waals surface area contributed by atoms with Crippen LogP contribution in [-0.4, -0.2) is 25.6 Å². The minimum atomic E-state index is -4.71. The van der Waals surface area contributed by atoms with Gasteiger partial charge in [-0.05, 0) is 33.9 Å². The van der Waals surface area contributed by atoms with E-state index < -0.39 is 6.36 Å². The summed E-state index contributed by atoms with van der Waals surface area (Å²) >= 11 is 0. The quantitative estimate of drug-likeness (QED) is 0.898. The van der Waals surface area contributed by atoms with Crippen LogP contribution in [0.5, 0.6) is 5.75 Å². The van der Waals surface area contributed by atoms with Gasteiger partial charge in [0.25, 0.3) is 0 Å². The summed E-state index contributed by atoms with van der Waals surface area (Å²) < 4.78 is 46.8. The van der Waals surface area contributed by atoms with Gasteiger partial charge in [-0.2, -0.15) is 0 Å². The van der Waals surface area contributed by atoms with Crippen molar-refractivity contribution in [2.45, 2.75) is 38.8 Å². The number of nitrogens with one attached hydrogen (secondary N) is 1. The zero-order chi connectivity index (χ0) is 15.4. The van der Waals surface area contributed by atoms with Gasteiger partial charge in [-0.25, -0.2) is 0 Å². The highest BCUT2D eigenvalue weighted by Gasteiger charge is 2.33. The minimum Gasteiger partial charge on any atom is -0.405 e. The SMILES string of the molecule is CNC(COC(C)(C)C)c1ccccc1OC(F)(F)F. The summed E-state index contributed by atoms with van der Waals surface area (Å²) in [5, 5.41) is 2.94. The van der Waals surface area contributed by atoms with Crippen molar-refractivity contribution in [2.24, 2.45) is 0 Å². The molecule has 0 saturated heterocycles. The summed E-state index contributed by atoms with van der Waals surface area (Å²) in [7, 11) is 1.67. The molecule has 1 aromatic rings. The molecule has 0 radical (unpaired) electrons. The third kappa shape index (κ3) is 5.79. The molecular weight excluding hydrogens is 271 g/mol. The van der Waals surface area contributed by atoms with Gasteiger partial charge in [0.1, 0.15) is 5.75 Å². The molecule has 0 bridgehead atoms. The van der Waals surface area contributed by atoms with Gasteiger partial charge in [-0.3, -0.25) is 0 Å². The monoisotopic (exact) mass is 291 g/mol. The fourth-order valence-corrected chi connectivity index (χ4v) is 1.65. The normalized spacial score (nSPS) is 14.2. The van der Waals surface area contributed by atoms with E-state index in [1.165, 1.54) is 12.1 Å². The number of ether oxygens (including phenoxy) is 2. The number of alkyl halides is 3. The van der Waals surface area contributed by atoms with E-state index >= 15 is 0 Å². The van der Waals surface area contributed by atoms with Gasteiger partial charge in [0, 0.05) is 5.56 Å². The lowest BCUT2D eigenvalue weighted by atomic mass is 10.1. The van der Waals surface area contributed by atoms with E-state index in [0.717, 1.165) is 0 Å². The Morgan fingerprint density at radius 1 is 1.15 bits per heavy atom. The smallest absolute Gasteiger partial charge is 0.405 e. The maximum absolute atomic E-state index is 12.4. The van der Waals surface area contributed by atoms with Gasteiger partial charge in [-0.1, -0.05) is 18.2 Å². The van der Waals surface area contributed by atoms with Crippen LogP contribution >= 0.6 is 0 Å². The highest BCUT2D eigenvalue weighted by Crippen LogP contribution is 2.30. The van der Waals surface area contributed by atoms with Crippen molar-refractivity contribution in [1.82, 2.24) is 5.32 Å². The van der Waals surface area contributed by atoms with Crippen molar-refractivity contribution >= 4 is 0 Å². The fourth-order valence-electron chi connectivity index (χ4n) is 1.65. The molecule has 1 rings (SSSR count). The maximum atomic E-state index is 12.4. The first-order chi connectivity index (χ1) is 9.12. The van der Waals surface area contributed by atoms with E-state index in [2.05, 4.69) is 10.1 Å². The summed E-state index contributed by atoms with van der Waals surface area (Å²) in [6.07, 6.45) is -4.71. The number of hydrogen-bond acceptors (Lipinski definition) is 3. The third-order valence-electron chi connectivity index (χ3n) is 2.55. The van der Waals surface area contributed by atoms with E-state index in [1.807, 2.05) is 20.8 Å². The second kappa shape index (κ2) is 6.45. The first kappa shape index (κ1) is 16.8. The fraction of sp³-hybridized carbons (Fsp3) is 0.571. The summed E-state index contributed by atoms with van der Waals surface area (Å²) in [4.78, 5) is 0. The molecule has 0 saturated carbocycles. The molecule has 1 atom stereocenters. The number of rotatable bonds is 5. The Morgan fingerprint density at radius 2 is 1.75 bits per heavy atom. The molecule has 114 valence electrons. The predicted molar refractivity (Wildman–Crippen MR) is 70.6 cm³/mol. The lowest BCUT2D eigenvalue weighted by Gasteiger charge is -2.25. The summed E-state index contributed by atoms with van der Waals surface area (Å²) in [6, 6.07) is 5.67. The Labute approximate surface area is 117 Å². The largest absolute Gasteiger partial charge is 0.573 e. The van der Waals surface area contributed by atoms with Crippen LogP contribution in [0.3, 0.4) is 0 Å². The molecule has 1 unspecified atom stereocenters. The van der Waals surface area contributed by atoms with Gasteiger partial charge >= 0.3 is 6.36 Å². The van der Waals surface area contributed by atoms with Crippen LogP contribution in [0.15, 0.2) is 24.3 Å². The zero-order valence-electron chi connectivity index (χ0n) is 12.0. The van der Waals surface area contributed by atoms with Gasteiger partial charge in [0.15, 0.2) is 0 Å². The molecule has 0 fully saturated rings. The standard InChI is InChI=1S/C14H20F3NO2/c1-13(2,3)19-9-11(18-4)10-7-5-6-8-12(10)20-14(15,16)17/h5-8,11,18H,9H2,1-4H3. The Kier molecular flexibility index (Phi) is 5.42. The van der Waals surface area contributed by atoms with Crippen molar-refractivity contribution in [2.75, 3.05) is 13.7 Å². The first-order valence-corrected chi connectivity index (χ1v) is 6.28. The second-order valence-electron chi connectivity index (χ2n) is 5.35. The predicted octanol–water partition coefficient (Wildman–Crippen LogP) is 3.66. The van der Waals surface area contributed by atoms with Crippen molar-refractivity contribution in [3.8, 4) is 5.75 Å². The number of halogens is 3. The Bertz CT molecular complexity index is 427.